The summed E-state index contributed by atoms with van der Waals surface area (Å²) >= 11 is 5.78. The molecule has 0 fully saturated rings. The van der Waals surface area contributed by atoms with Crippen molar-refractivity contribution in [2.75, 3.05) is 22.8 Å². The van der Waals surface area contributed by atoms with Crippen LogP contribution < -0.4 is 14.2 Å². The maximum atomic E-state index is 12.2. The number of anilines is 2. The molecule has 0 aliphatic rings. The molecule has 0 amide bonds. The van der Waals surface area contributed by atoms with Crippen LogP contribution in [0, 0.1) is 0 Å². The van der Waals surface area contributed by atoms with Crippen LogP contribution in [0.3, 0.4) is 0 Å². The standard InChI is InChI=1S/C16H17ClN2O5S2/c1-24-16-11-14(7-8-15(16)19-25(2,20)21)18-26(22,23)10-9-12-3-5-13(17)6-4-12/h3-11,18-19H,1-2H3/b10-9+. The second-order valence-corrected chi connectivity index (χ2v) is 9.04. The Kier molecular flexibility index (Phi) is 6.17. The topological polar surface area (TPSA) is 102 Å². The predicted octanol–water partition coefficient (Wildman–Crippen LogP) is 3.13. The summed E-state index contributed by atoms with van der Waals surface area (Å²) in [5, 5.41) is 1.57. The Bertz CT molecular complexity index is 1020. The van der Waals surface area contributed by atoms with Crippen molar-refractivity contribution in [2.24, 2.45) is 0 Å². The first-order valence-corrected chi connectivity index (χ1v) is 11.0. The largest absolute Gasteiger partial charge is 0.494 e. The van der Waals surface area contributed by atoms with Crippen LogP contribution in [0.2, 0.25) is 5.02 Å². The van der Waals surface area contributed by atoms with Gasteiger partial charge in [-0.05, 0) is 35.9 Å². The molecule has 0 aliphatic carbocycles. The van der Waals surface area contributed by atoms with Crippen LogP contribution in [-0.2, 0) is 20.0 Å². The van der Waals surface area contributed by atoms with E-state index in [1.54, 1.807) is 24.3 Å². The minimum absolute atomic E-state index is 0.178. The molecule has 0 saturated carbocycles. The summed E-state index contributed by atoms with van der Waals surface area (Å²) in [4.78, 5) is 0. The molecule has 0 radical (unpaired) electrons. The summed E-state index contributed by atoms with van der Waals surface area (Å²) in [7, 11) is -5.91. The van der Waals surface area contributed by atoms with E-state index in [2.05, 4.69) is 9.44 Å². The molecule has 0 bridgehead atoms. The third kappa shape index (κ3) is 6.25. The summed E-state index contributed by atoms with van der Waals surface area (Å²) < 4.78 is 56.8. The van der Waals surface area contributed by atoms with Crippen LogP contribution >= 0.6 is 11.6 Å². The van der Waals surface area contributed by atoms with Gasteiger partial charge in [0.2, 0.25) is 10.0 Å². The van der Waals surface area contributed by atoms with Gasteiger partial charge in [-0.15, -0.1) is 0 Å². The van der Waals surface area contributed by atoms with Crippen LogP contribution in [0.25, 0.3) is 6.08 Å². The summed E-state index contributed by atoms with van der Waals surface area (Å²) in [5.41, 5.74) is 1.10. The second-order valence-electron chi connectivity index (χ2n) is 5.29. The van der Waals surface area contributed by atoms with E-state index < -0.39 is 20.0 Å². The average molecular weight is 417 g/mol. The Labute approximate surface area is 157 Å². The molecule has 2 aromatic rings. The fourth-order valence-electron chi connectivity index (χ4n) is 1.98. The van der Waals surface area contributed by atoms with E-state index in [1.165, 1.54) is 31.4 Å². The van der Waals surface area contributed by atoms with Crippen molar-refractivity contribution >= 4 is 49.1 Å². The smallest absolute Gasteiger partial charge is 0.255 e. The Morgan fingerprint density at radius 2 is 1.65 bits per heavy atom. The molecule has 0 aromatic heterocycles. The molecular weight excluding hydrogens is 400 g/mol. The summed E-state index contributed by atoms with van der Waals surface area (Å²) in [5.74, 6) is 0.178. The number of sulfonamides is 2. The minimum Gasteiger partial charge on any atom is -0.494 e. The quantitative estimate of drug-likeness (QED) is 0.721. The third-order valence-corrected chi connectivity index (χ3v) is 4.92. The molecule has 26 heavy (non-hydrogen) atoms. The Hall–Kier alpha value is -2.23. The maximum Gasteiger partial charge on any atom is 0.255 e. The molecule has 140 valence electrons. The van der Waals surface area contributed by atoms with E-state index in [9.17, 15) is 16.8 Å². The number of halogens is 1. The zero-order valence-electron chi connectivity index (χ0n) is 13.9. The van der Waals surface area contributed by atoms with E-state index in [-0.39, 0.29) is 17.1 Å². The van der Waals surface area contributed by atoms with Crippen molar-refractivity contribution < 1.29 is 21.6 Å². The normalized spacial score (nSPS) is 12.1. The molecule has 0 saturated heterocycles. The number of methoxy groups -OCH3 is 1. The monoisotopic (exact) mass is 416 g/mol. The highest BCUT2D eigenvalue weighted by Gasteiger charge is 2.12. The maximum absolute atomic E-state index is 12.2. The van der Waals surface area contributed by atoms with E-state index in [4.69, 9.17) is 16.3 Å². The highest BCUT2D eigenvalue weighted by molar-refractivity contribution is 7.95. The molecule has 0 unspecified atom stereocenters. The van der Waals surface area contributed by atoms with Gasteiger partial charge in [0.1, 0.15) is 5.75 Å². The number of hydrogen-bond donors (Lipinski definition) is 2. The first-order chi connectivity index (χ1) is 12.1. The van der Waals surface area contributed by atoms with Crippen molar-refractivity contribution in [1.29, 1.82) is 0 Å². The van der Waals surface area contributed by atoms with Gasteiger partial charge in [0.15, 0.2) is 0 Å². The molecule has 0 atom stereocenters. The van der Waals surface area contributed by atoms with Crippen LogP contribution in [0.1, 0.15) is 5.56 Å². The lowest BCUT2D eigenvalue weighted by Crippen LogP contribution is -2.12. The van der Waals surface area contributed by atoms with Crippen molar-refractivity contribution in [1.82, 2.24) is 0 Å². The van der Waals surface area contributed by atoms with Crippen LogP contribution in [0.4, 0.5) is 11.4 Å². The third-order valence-electron chi connectivity index (χ3n) is 3.07. The Morgan fingerprint density at radius 1 is 1.00 bits per heavy atom. The van der Waals surface area contributed by atoms with Crippen molar-refractivity contribution in [2.45, 2.75) is 0 Å². The van der Waals surface area contributed by atoms with E-state index in [0.717, 1.165) is 11.7 Å². The summed E-state index contributed by atoms with van der Waals surface area (Å²) in [6.07, 6.45) is 2.43. The number of hydrogen-bond acceptors (Lipinski definition) is 5. The van der Waals surface area contributed by atoms with Gasteiger partial charge in [-0.3, -0.25) is 9.44 Å². The molecule has 2 rings (SSSR count). The summed E-state index contributed by atoms with van der Waals surface area (Å²) in [6, 6.07) is 10.9. The van der Waals surface area contributed by atoms with Gasteiger partial charge >= 0.3 is 0 Å². The average Bonchev–Trinajstić information content (AvgIpc) is 2.54. The van der Waals surface area contributed by atoms with Gasteiger partial charge in [-0.1, -0.05) is 23.7 Å². The zero-order valence-corrected chi connectivity index (χ0v) is 16.3. The lowest BCUT2D eigenvalue weighted by Gasteiger charge is -2.12. The number of rotatable bonds is 7. The number of ether oxygens (including phenoxy) is 1. The lowest BCUT2D eigenvalue weighted by atomic mass is 10.2. The SMILES string of the molecule is COc1cc(NS(=O)(=O)/C=C/c2ccc(Cl)cc2)ccc1NS(C)(=O)=O. The van der Waals surface area contributed by atoms with Gasteiger partial charge in [0.05, 0.1) is 30.1 Å². The molecule has 2 N–H and O–H groups in total. The first kappa shape index (κ1) is 20.1. The molecule has 0 aliphatic heterocycles. The van der Waals surface area contributed by atoms with E-state index >= 15 is 0 Å². The molecular formula is C16H17ClN2O5S2. The van der Waals surface area contributed by atoms with Crippen molar-refractivity contribution in [3.8, 4) is 5.75 Å². The highest BCUT2D eigenvalue weighted by Crippen LogP contribution is 2.29. The van der Waals surface area contributed by atoms with Crippen molar-refractivity contribution in [3.05, 3.63) is 58.5 Å². The van der Waals surface area contributed by atoms with Crippen LogP contribution in [0.15, 0.2) is 47.9 Å². The van der Waals surface area contributed by atoms with Gasteiger partial charge in [0.25, 0.3) is 10.0 Å². The van der Waals surface area contributed by atoms with Crippen LogP contribution in [0.5, 0.6) is 5.75 Å². The Balaban J connectivity index is 2.19. The number of benzene rings is 2. The first-order valence-electron chi connectivity index (χ1n) is 7.20. The van der Waals surface area contributed by atoms with E-state index in [1.807, 2.05) is 0 Å². The zero-order chi connectivity index (χ0) is 19.4. The molecule has 10 heteroatoms. The van der Waals surface area contributed by atoms with Crippen LogP contribution in [-0.4, -0.2) is 30.2 Å². The fraction of sp³-hybridized carbons (Fsp3) is 0.125. The van der Waals surface area contributed by atoms with Gasteiger partial charge < -0.3 is 4.74 Å². The molecule has 2 aromatic carbocycles. The second kappa shape index (κ2) is 7.98. The van der Waals surface area contributed by atoms with Gasteiger partial charge in [-0.2, -0.15) is 0 Å². The molecule has 7 nitrogen and oxygen atoms in total. The van der Waals surface area contributed by atoms with Crippen molar-refractivity contribution in [3.63, 3.8) is 0 Å². The highest BCUT2D eigenvalue weighted by atomic mass is 35.5. The summed E-state index contributed by atoms with van der Waals surface area (Å²) in [6.45, 7) is 0. The van der Waals surface area contributed by atoms with Gasteiger partial charge in [-0.25, -0.2) is 16.8 Å². The lowest BCUT2D eigenvalue weighted by molar-refractivity contribution is 0.417. The molecule has 0 spiro atoms. The fourth-order valence-corrected chi connectivity index (χ4v) is 3.53. The molecule has 0 heterocycles. The number of nitrogens with one attached hydrogen (secondary N) is 2. The predicted molar refractivity (Wildman–Crippen MR) is 104 cm³/mol. The van der Waals surface area contributed by atoms with Gasteiger partial charge in [0, 0.05) is 11.1 Å². The Morgan fingerprint density at radius 3 is 2.23 bits per heavy atom. The van der Waals surface area contributed by atoms with E-state index in [0.29, 0.717) is 10.6 Å². The minimum atomic E-state index is -3.77.